The number of hydrogen-bond donors (Lipinski definition) is 1. The number of likely N-dealkylation sites (tertiary alicyclic amines) is 1. The van der Waals surface area contributed by atoms with Crippen molar-refractivity contribution in [3.63, 3.8) is 0 Å². The monoisotopic (exact) mass is 318 g/mol. The van der Waals surface area contributed by atoms with Gasteiger partial charge < -0.3 is 9.64 Å². The lowest BCUT2D eigenvalue weighted by atomic mass is 10.2. The molecule has 2 saturated heterocycles. The first-order chi connectivity index (χ1) is 11.1. The molecule has 0 unspecified atom stereocenters. The molecule has 23 heavy (non-hydrogen) atoms. The van der Waals surface area contributed by atoms with Gasteiger partial charge in [-0.1, -0.05) is 0 Å². The highest BCUT2D eigenvalue weighted by atomic mass is 16.5. The maximum atomic E-state index is 12.6. The van der Waals surface area contributed by atoms with Crippen molar-refractivity contribution in [1.29, 1.82) is 0 Å². The fourth-order valence-electron chi connectivity index (χ4n) is 3.46. The largest absolute Gasteiger partial charge is 0.379 e. The van der Waals surface area contributed by atoms with Gasteiger partial charge in [0.1, 0.15) is 5.82 Å². The van der Waals surface area contributed by atoms with Crippen LogP contribution < -0.4 is 5.32 Å². The summed E-state index contributed by atoms with van der Waals surface area (Å²) in [6.07, 6.45) is 2.15. The number of nitrogens with one attached hydrogen (secondary N) is 1. The highest BCUT2D eigenvalue weighted by Crippen LogP contribution is 2.20. The van der Waals surface area contributed by atoms with Crippen molar-refractivity contribution >= 4 is 11.8 Å². The second-order valence-electron chi connectivity index (χ2n) is 6.50. The summed E-state index contributed by atoms with van der Waals surface area (Å²) < 4.78 is 5.40. The number of hydrogen-bond acceptors (Lipinski definition) is 4. The molecular weight excluding hydrogens is 292 g/mol. The van der Waals surface area contributed by atoms with Gasteiger partial charge in [-0.25, -0.2) is 9.78 Å². The van der Waals surface area contributed by atoms with E-state index in [0.717, 1.165) is 63.5 Å². The molecule has 126 valence electrons. The Kier molecular flexibility index (Phi) is 5.13. The summed E-state index contributed by atoms with van der Waals surface area (Å²) >= 11 is 0. The zero-order valence-corrected chi connectivity index (χ0v) is 14.0. The molecule has 1 aromatic rings. The molecule has 0 spiro atoms. The Morgan fingerprint density at radius 1 is 1.30 bits per heavy atom. The molecule has 1 N–H and O–H groups in total. The Morgan fingerprint density at radius 2 is 2.09 bits per heavy atom. The van der Waals surface area contributed by atoms with E-state index in [1.54, 1.807) is 0 Å². The lowest BCUT2D eigenvalue weighted by molar-refractivity contribution is 0.0296. The third-order valence-corrected chi connectivity index (χ3v) is 4.54. The number of amides is 2. The Morgan fingerprint density at radius 3 is 2.83 bits per heavy atom. The molecule has 2 aliphatic heterocycles. The second-order valence-corrected chi connectivity index (χ2v) is 6.50. The van der Waals surface area contributed by atoms with Gasteiger partial charge >= 0.3 is 6.03 Å². The Hall–Kier alpha value is -1.66. The first kappa shape index (κ1) is 16.2. The van der Waals surface area contributed by atoms with E-state index in [1.165, 1.54) is 0 Å². The molecule has 6 nitrogen and oxygen atoms in total. The van der Waals surface area contributed by atoms with Crippen molar-refractivity contribution in [2.24, 2.45) is 0 Å². The number of anilines is 1. The molecule has 0 aliphatic carbocycles. The molecule has 2 aliphatic rings. The Bertz CT molecular complexity index is 537. The lowest BCUT2D eigenvalue weighted by Crippen LogP contribution is -2.47. The number of aryl methyl sites for hydroxylation is 2. The molecule has 0 bridgehead atoms. The van der Waals surface area contributed by atoms with Crippen LogP contribution in [0.2, 0.25) is 0 Å². The summed E-state index contributed by atoms with van der Waals surface area (Å²) in [5, 5.41) is 2.97. The minimum absolute atomic E-state index is 0.0294. The maximum Gasteiger partial charge on any atom is 0.323 e. The van der Waals surface area contributed by atoms with Crippen LogP contribution in [0, 0.1) is 13.8 Å². The van der Waals surface area contributed by atoms with E-state index < -0.39 is 0 Å². The van der Waals surface area contributed by atoms with E-state index in [1.807, 2.05) is 30.9 Å². The van der Waals surface area contributed by atoms with Gasteiger partial charge in [-0.3, -0.25) is 10.2 Å². The second kappa shape index (κ2) is 7.27. The molecule has 3 heterocycles. The fourth-order valence-corrected chi connectivity index (χ4v) is 3.46. The number of nitrogens with zero attached hydrogens (tertiary/aromatic N) is 3. The average Bonchev–Trinajstić information content (AvgIpc) is 2.95. The summed E-state index contributed by atoms with van der Waals surface area (Å²) in [7, 11) is 0. The highest BCUT2D eigenvalue weighted by molar-refractivity contribution is 5.88. The van der Waals surface area contributed by atoms with Crippen LogP contribution in [-0.2, 0) is 4.74 Å². The van der Waals surface area contributed by atoms with Gasteiger partial charge in [-0.15, -0.1) is 0 Å². The fraction of sp³-hybridized carbons (Fsp3) is 0.647. The number of urea groups is 1. The SMILES string of the molecule is Cc1cc(C)nc(NC(=O)N2CCC[C@H]2CN2CCOCC2)c1. The molecule has 3 rings (SSSR count). The zero-order valence-electron chi connectivity index (χ0n) is 14.0. The molecule has 0 saturated carbocycles. The van der Waals surface area contributed by atoms with Crippen LogP contribution in [0.15, 0.2) is 12.1 Å². The van der Waals surface area contributed by atoms with Gasteiger partial charge in [0.15, 0.2) is 0 Å². The van der Waals surface area contributed by atoms with Crippen LogP contribution in [-0.4, -0.2) is 66.2 Å². The van der Waals surface area contributed by atoms with Gasteiger partial charge in [0, 0.05) is 37.9 Å². The average molecular weight is 318 g/mol. The van der Waals surface area contributed by atoms with Crippen molar-refractivity contribution in [1.82, 2.24) is 14.8 Å². The smallest absolute Gasteiger partial charge is 0.323 e. The highest BCUT2D eigenvalue weighted by Gasteiger charge is 2.30. The quantitative estimate of drug-likeness (QED) is 0.926. The minimum Gasteiger partial charge on any atom is -0.379 e. The van der Waals surface area contributed by atoms with Gasteiger partial charge in [0.25, 0.3) is 0 Å². The van der Waals surface area contributed by atoms with Crippen LogP contribution in [0.3, 0.4) is 0 Å². The molecule has 6 heteroatoms. The number of pyridine rings is 1. The van der Waals surface area contributed by atoms with Crippen molar-refractivity contribution in [2.45, 2.75) is 32.7 Å². The van der Waals surface area contributed by atoms with Gasteiger partial charge in [0.05, 0.1) is 13.2 Å². The number of carbonyl (C=O) groups excluding carboxylic acids is 1. The maximum absolute atomic E-state index is 12.6. The number of carbonyl (C=O) groups is 1. The summed E-state index contributed by atoms with van der Waals surface area (Å²) in [5.74, 6) is 0.643. The van der Waals surface area contributed by atoms with Crippen LogP contribution in [0.4, 0.5) is 10.6 Å². The van der Waals surface area contributed by atoms with E-state index in [-0.39, 0.29) is 6.03 Å². The summed E-state index contributed by atoms with van der Waals surface area (Å²) in [5.41, 5.74) is 2.03. The van der Waals surface area contributed by atoms with Gasteiger partial charge in [0.2, 0.25) is 0 Å². The van der Waals surface area contributed by atoms with Crippen LogP contribution in [0.1, 0.15) is 24.1 Å². The van der Waals surface area contributed by atoms with Crippen molar-refractivity contribution in [3.8, 4) is 0 Å². The summed E-state index contributed by atoms with van der Waals surface area (Å²) in [6.45, 7) is 9.25. The zero-order chi connectivity index (χ0) is 16.2. The standard InChI is InChI=1S/C17H26N4O2/c1-13-10-14(2)18-16(11-13)19-17(22)21-5-3-4-15(21)12-20-6-8-23-9-7-20/h10-11,15H,3-9,12H2,1-2H3,(H,18,19,22)/t15-/m0/s1. The number of aromatic nitrogens is 1. The third kappa shape index (κ3) is 4.20. The Labute approximate surface area is 137 Å². The third-order valence-electron chi connectivity index (χ3n) is 4.54. The van der Waals surface area contributed by atoms with E-state index in [2.05, 4.69) is 15.2 Å². The van der Waals surface area contributed by atoms with E-state index in [4.69, 9.17) is 4.74 Å². The van der Waals surface area contributed by atoms with Crippen molar-refractivity contribution in [2.75, 3.05) is 44.7 Å². The number of ether oxygens (including phenoxy) is 1. The molecule has 1 aromatic heterocycles. The predicted molar refractivity (Wildman–Crippen MR) is 89.7 cm³/mol. The van der Waals surface area contributed by atoms with Gasteiger partial charge in [-0.05, 0) is 44.4 Å². The van der Waals surface area contributed by atoms with Crippen molar-refractivity contribution in [3.05, 3.63) is 23.4 Å². The molecule has 2 amide bonds. The Balaban J connectivity index is 1.60. The number of morpholine rings is 1. The van der Waals surface area contributed by atoms with Crippen LogP contribution >= 0.6 is 0 Å². The minimum atomic E-state index is -0.0294. The number of rotatable bonds is 3. The van der Waals surface area contributed by atoms with E-state index >= 15 is 0 Å². The first-order valence-corrected chi connectivity index (χ1v) is 8.45. The van der Waals surface area contributed by atoms with Crippen LogP contribution in [0.5, 0.6) is 0 Å². The molecule has 0 aromatic carbocycles. The summed E-state index contributed by atoms with van der Waals surface area (Å²) in [6, 6.07) is 4.18. The van der Waals surface area contributed by atoms with E-state index in [0.29, 0.717) is 11.9 Å². The summed E-state index contributed by atoms with van der Waals surface area (Å²) in [4.78, 5) is 21.4. The first-order valence-electron chi connectivity index (χ1n) is 8.45. The molecule has 2 fully saturated rings. The lowest BCUT2D eigenvalue weighted by Gasteiger charge is -2.32. The van der Waals surface area contributed by atoms with Crippen molar-refractivity contribution < 1.29 is 9.53 Å². The molecule has 0 radical (unpaired) electrons. The van der Waals surface area contributed by atoms with Crippen LogP contribution in [0.25, 0.3) is 0 Å². The molecule has 1 atom stereocenters. The van der Waals surface area contributed by atoms with E-state index in [9.17, 15) is 4.79 Å². The van der Waals surface area contributed by atoms with Gasteiger partial charge in [-0.2, -0.15) is 0 Å². The molecular formula is C17H26N4O2. The predicted octanol–water partition coefficient (Wildman–Crippen LogP) is 2.03. The normalized spacial score (nSPS) is 22.3. The topological polar surface area (TPSA) is 57.7 Å².